The largest absolute Gasteiger partial charge is 0.498 e. The van der Waals surface area contributed by atoms with Crippen LogP contribution in [0.3, 0.4) is 0 Å². The van der Waals surface area contributed by atoms with E-state index >= 15 is 0 Å². The van der Waals surface area contributed by atoms with Crippen molar-refractivity contribution < 1.29 is 20.1 Å². The van der Waals surface area contributed by atoms with Crippen LogP contribution in [0.4, 0.5) is 0 Å². The molecule has 0 aromatic rings. The molecule has 62 valence electrons. The predicted octanol–water partition coefficient (Wildman–Crippen LogP) is 0.132. The van der Waals surface area contributed by atoms with Crippen LogP contribution in [0.5, 0.6) is 0 Å². The van der Waals surface area contributed by atoms with Crippen molar-refractivity contribution in [3.05, 3.63) is 24.4 Å². The van der Waals surface area contributed by atoms with Crippen molar-refractivity contribution in [1.82, 2.24) is 5.32 Å². The van der Waals surface area contributed by atoms with Gasteiger partial charge < -0.3 is 20.6 Å². The second-order valence-electron chi connectivity index (χ2n) is 1.67. The van der Waals surface area contributed by atoms with E-state index < -0.39 is 17.6 Å². The van der Waals surface area contributed by atoms with Crippen molar-refractivity contribution in [2.75, 3.05) is 6.54 Å². The van der Waals surface area contributed by atoms with Crippen molar-refractivity contribution in [3.63, 3.8) is 0 Å². The summed E-state index contributed by atoms with van der Waals surface area (Å²) in [5.74, 6) is -3.46. The van der Waals surface area contributed by atoms with Crippen molar-refractivity contribution in [3.8, 4) is 0 Å². The van der Waals surface area contributed by atoms with Crippen molar-refractivity contribution in [2.24, 2.45) is 0 Å². The Bertz CT molecular complexity index is 193. The second kappa shape index (κ2) is 4.21. The molecule has 0 saturated carbocycles. The number of aliphatic hydroxyl groups is 3. The van der Waals surface area contributed by atoms with Crippen LogP contribution in [-0.2, 0) is 4.79 Å². The highest BCUT2D eigenvalue weighted by molar-refractivity contribution is 5.91. The summed E-state index contributed by atoms with van der Waals surface area (Å²) < 4.78 is 0. The fourth-order valence-electron chi connectivity index (χ4n) is 0.350. The number of nitrogens with one attached hydrogen (secondary N) is 1. The number of rotatable bonds is 3. The fraction of sp³-hybridized carbons (Fsp3) is 0.167. The first-order valence-electron chi connectivity index (χ1n) is 2.79. The number of hydrogen-bond acceptors (Lipinski definition) is 4. The van der Waals surface area contributed by atoms with Crippen LogP contribution in [-0.4, -0.2) is 27.8 Å². The topological polar surface area (TPSA) is 89.8 Å². The van der Waals surface area contributed by atoms with E-state index in [-0.39, 0.29) is 6.54 Å². The second-order valence-corrected chi connectivity index (χ2v) is 1.67. The molecule has 0 atom stereocenters. The molecule has 0 aliphatic heterocycles. The van der Waals surface area contributed by atoms with E-state index in [1.807, 2.05) is 0 Å². The van der Waals surface area contributed by atoms with Gasteiger partial charge in [-0.2, -0.15) is 0 Å². The maximum absolute atomic E-state index is 10.6. The van der Waals surface area contributed by atoms with Crippen LogP contribution in [0.15, 0.2) is 24.4 Å². The zero-order chi connectivity index (χ0) is 8.85. The van der Waals surface area contributed by atoms with Crippen LogP contribution in [0.2, 0.25) is 0 Å². The van der Waals surface area contributed by atoms with E-state index in [2.05, 4.69) is 11.9 Å². The highest BCUT2D eigenvalue weighted by Gasteiger charge is 2.11. The molecule has 0 bridgehead atoms. The van der Waals surface area contributed by atoms with E-state index in [1.165, 1.54) is 6.08 Å². The van der Waals surface area contributed by atoms with Crippen LogP contribution in [0.25, 0.3) is 0 Å². The molecule has 0 radical (unpaired) electrons. The van der Waals surface area contributed by atoms with Gasteiger partial charge in [0.1, 0.15) is 0 Å². The number of hydrogen-bond donors (Lipinski definition) is 4. The summed E-state index contributed by atoms with van der Waals surface area (Å²) in [6, 6.07) is 0. The fourth-order valence-corrected chi connectivity index (χ4v) is 0.350. The zero-order valence-electron chi connectivity index (χ0n) is 5.74. The summed E-state index contributed by atoms with van der Waals surface area (Å²) in [4.78, 5) is 10.6. The smallest absolute Gasteiger partial charge is 0.324 e. The Kier molecular flexibility index (Phi) is 3.58. The maximum atomic E-state index is 10.6. The Morgan fingerprint density at radius 2 is 2.00 bits per heavy atom. The third kappa shape index (κ3) is 3.14. The Morgan fingerprint density at radius 3 is 2.36 bits per heavy atom. The van der Waals surface area contributed by atoms with E-state index in [1.54, 1.807) is 0 Å². The summed E-state index contributed by atoms with van der Waals surface area (Å²) >= 11 is 0. The zero-order valence-corrected chi connectivity index (χ0v) is 5.74. The highest BCUT2D eigenvalue weighted by Crippen LogP contribution is 1.91. The van der Waals surface area contributed by atoms with E-state index in [0.717, 1.165) is 0 Å². The molecule has 0 aliphatic rings. The normalized spacial score (nSPS) is 8.36. The van der Waals surface area contributed by atoms with Crippen LogP contribution in [0, 0.1) is 0 Å². The number of amides is 1. The summed E-state index contributed by atoms with van der Waals surface area (Å²) in [5.41, 5.74) is 0. The van der Waals surface area contributed by atoms with Crippen molar-refractivity contribution >= 4 is 5.91 Å². The first-order chi connectivity index (χ1) is 5.09. The third-order valence-electron chi connectivity index (χ3n) is 0.834. The lowest BCUT2D eigenvalue weighted by atomic mass is 10.4. The van der Waals surface area contributed by atoms with Gasteiger partial charge in [-0.3, -0.25) is 4.79 Å². The van der Waals surface area contributed by atoms with E-state index in [9.17, 15) is 4.79 Å². The van der Waals surface area contributed by atoms with Gasteiger partial charge in [-0.25, -0.2) is 0 Å². The van der Waals surface area contributed by atoms with E-state index in [0.29, 0.717) is 0 Å². The molecule has 5 heteroatoms. The van der Waals surface area contributed by atoms with Gasteiger partial charge in [-0.1, -0.05) is 6.08 Å². The monoisotopic (exact) mass is 159 g/mol. The highest BCUT2D eigenvalue weighted by atomic mass is 16.5. The number of carbonyl (C=O) groups is 1. The molecule has 0 aliphatic carbocycles. The average Bonchev–Trinajstić information content (AvgIpc) is 1.98. The van der Waals surface area contributed by atoms with Gasteiger partial charge in [-0.15, -0.1) is 6.58 Å². The molecular formula is C6H9NO4. The Balaban J connectivity index is 4.04. The number of aliphatic hydroxyl groups excluding tert-OH is 2. The quantitative estimate of drug-likeness (QED) is 0.267. The summed E-state index contributed by atoms with van der Waals surface area (Å²) in [5, 5.41) is 27.1. The third-order valence-corrected chi connectivity index (χ3v) is 0.834. The van der Waals surface area contributed by atoms with Gasteiger partial charge in [0.05, 0.1) is 0 Å². The Labute approximate surface area is 63.3 Å². The van der Waals surface area contributed by atoms with Gasteiger partial charge in [0.25, 0.3) is 11.7 Å². The molecule has 0 spiro atoms. The van der Waals surface area contributed by atoms with Gasteiger partial charge in [-0.05, 0) is 0 Å². The molecule has 0 heterocycles. The summed E-state index contributed by atoms with van der Waals surface area (Å²) in [6.07, 6.45) is 1.39. The van der Waals surface area contributed by atoms with Gasteiger partial charge >= 0.3 is 5.95 Å². The molecule has 0 unspecified atom stereocenters. The van der Waals surface area contributed by atoms with Crippen LogP contribution in [0.1, 0.15) is 0 Å². The van der Waals surface area contributed by atoms with Crippen LogP contribution < -0.4 is 5.32 Å². The molecular weight excluding hydrogens is 150 g/mol. The van der Waals surface area contributed by atoms with Gasteiger partial charge in [0, 0.05) is 6.54 Å². The maximum Gasteiger partial charge on any atom is 0.324 e. The first kappa shape index (κ1) is 9.35. The van der Waals surface area contributed by atoms with E-state index in [4.69, 9.17) is 15.3 Å². The Morgan fingerprint density at radius 1 is 1.45 bits per heavy atom. The molecule has 0 rings (SSSR count). The summed E-state index contributed by atoms with van der Waals surface area (Å²) in [7, 11) is 0. The van der Waals surface area contributed by atoms with Gasteiger partial charge in [0.15, 0.2) is 0 Å². The molecule has 11 heavy (non-hydrogen) atoms. The van der Waals surface area contributed by atoms with Crippen molar-refractivity contribution in [1.29, 1.82) is 0 Å². The lowest BCUT2D eigenvalue weighted by molar-refractivity contribution is -0.120. The molecule has 0 saturated heterocycles. The molecule has 0 fully saturated rings. The SMILES string of the molecule is C=CCNC(=O)C(O)=C(O)O. The molecule has 0 aromatic heterocycles. The Hall–Kier alpha value is -1.65. The average molecular weight is 159 g/mol. The first-order valence-corrected chi connectivity index (χ1v) is 2.79. The molecule has 0 aromatic carbocycles. The lowest BCUT2D eigenvalue weighted by Gasteiger charge is -1.99. The van der Waals surface area contributed by atoms with Gasteiger partial charge in [0.2, 0.25) is 0 Å². The molecule has 4 N–H and O–H groups in total. The predicted molar refractivity (Wildman–Crippen MR) is 38.1 cm³/mol. The lowest BCUT2D eigenvalue weighted by Crippen LogP contribution is -2.25. The molecule has 5 nitrogen and oxygen atoms in total. The number of carbonyl (C=O) groups excluding carboxylic acids is 1. The summed E-state index contributed by atoms with van der Waals surface area (Å²) in [6.45, 7) is 3.45. The van der Waals surface area contributed by atoms with Crippen molar-refractivity contribution in [2.45, 2.75) is 0 Å². The minimum atomic E-state index is -1.40. The minimum absolute atomic E-state index is 0.149. The molecule has 1 amide bonds. The minimum Gasteiger partial charge on any atom is -0.498 e. The standard InChI is InChI=1S/C6H9NO4/c1-2-3-7-5(9)4(8)6(10)11/h2,8,10-11H,1,3H2,(H,7,9). The van der Waals surface area contributed by atoms with Crippen LogP contribution >= 0.6 is 0 Å².